The number of amides is 1. The number of hydrogen-bond acceptors (Lipinski definition) is 3. The second-order valence-electron chi connectivity index (χ2n) is 5.81. The van der Waals surface area contributed by atoms with Gasteiger partial charge in [-0.05, 0) is 44.2 Å². The van der Waals surface area contributed by atoms with Crippen molar-refractivity contribution in [1.82, 2.24) is 15.2 Å². The monoisotopic (exact) mass is 349 g/mol. The fraction of sp³-hybridized carbons (Fsp3) is 0.600. The first kappa shape index (κ1) is 19.1. The van der Waals surface area contributed by atoms with E-state index < -0.39 is 5.82 Å². The molecule has 0 bridgehead atoms. The molecule has 22 heavy (non-hydrogen) atoms. The Morgan fingerprint density at radius 1 is 1.23 bits per heavy atom. The van der Waals surface area contributed by atoms with Crippen molar-refractivity contribution in [2.45, 2.75) is 31.7 Å². The molecule has 3 rings (SSSR count). The maximum atomic E-state index is 13.1. The molecule has 1 amide bonds. The van der Waals surface area contributed by atoms with Gasteiger partial charge < -0.3 is 10.2 Å². The average Bonchev–Trinajstić information content (AvgIpc) is 3.29. The van der Waals surface area contributed by atoms with Gasteiger partial charge in [-0.25, -0.2) is 4.39 Å². The lowest BCUT2D eigenvalue weighted by atomic mass is 10.0. The summed E-state index contributed by atoms with van der Waals surface area (Å²) in [5.74, 6) is 0.308. The van der Waals surface area contributed by atoms with Crippen LogP contribution in [0.5, 0.6) is 0 Å². The van der Waals surface area contributed by atoms with Gasteiger partial charge in [-0.3, -0.25) is 9.78 Å². The van der Waals surface area contributed by atoms with E-state index in [4.69, 9.17) is 0 Å². The summed E-state index contributed by atoms with van der Waals surface area (Å²) in [6.07, 6.45) is 7.21. The molecular formula is C15H22Cl2FN3O. The second-order valence-corrected chi connectivity index (χ2v) is 5.81. The van der Waals surface area contributed by atoms with Crippen LogP contribution in [0.1, 0.15) is 36.0 Å². The molecule has 1 saturated heterocycles. The molecule has 0 atom stereocenters. The Kier molecular flexibility index (Phi) is 7.53. The minimum atomic E-state index is -0.461. The van der Waals surface area contributed by atoms with E-state index in [1.165, 1.54) is 25.1 Å². The molecule has 2 heterocycles. The smallest absolute Gasteiger partial charge is 0.255 e. The minimum Gasteiger partial charge on any atom is -0.338 e. The molecule has 1 aliphatic carbocycles. The quantitative estimate of drug-likeness (QED) is 0.908. The second kappa shape index (κ2) is 8.65. The number of nitrogens with one attached hydrogen (secondary N) is 1. The van der Waals surface area contributed by atoms with Crippen LogP contribution >= 0.6 is 24.8 Å². The van der Waals surface area contributed by atoms with Crippen molar-refractivity contribution < 1.29 is 9.18 Å². The summed E-state index contributed by atoms with van der Waals surface area (Å²) in [5, 5.41) is 3.58. The molecule has 1 saturated carbocycles. The van der Waals surface area contributed by atoms with E-state index in [1.54, 1.807) is 4.90 Å². The molecule has 0 radical (unpaired) electrons. The standard InChI is InChI=1S/C15H20FN3O.2ClH/c16-13-7-12(9-17-10-13)15(20)19-5-3-14(4-6-19)18-8-11-1-2-11;;/h7,9-11,14,18H,1-6,8H2;2*1H. The van der Waals surface area contributed by atoms with E-state index in [9.17, 15) is 9.18 Å². The summed E-state index contributed by atoms with van der Waals surface area (Å²) >= 11 is 0. The summed E-state index contributed by atoms with van der Waals surface area (Å²) in [6.45, 7) is 2.59. The summed E-state index contributed by atoms with van der Waals surface area (Å²) in [7, 11) is 0. The largest absolute Gasteiger partial charge is 0.338 e. The van der Waals surface area contributed by atoms with Crippen LogP contribution in [0.2, 0.25) is 0 Å². The molecule has 1 N–H and O–H groups in total. The van der Waals surface area contributed by atoms with Gasteiger partial charge in [-0.1, -0.05) is 0 Å². The van der Waals surface area contributed by atoms with Gasteiger partial charge in [0.05, 0.1) is 11.8 Å². The van der Waals surface area contributed by atoms with Gasteiger partial charge >= 0.3 is 0 Å². The minimum absolute atomic E-state index is 0. The molecule has 7 heteroatoms. The number of halogens is 3. The van der Waals surface area contributed by atoms with Gasteiger partial charge in [0.1, 0.15) is 5.82 Å². The Morgan fingerprint density at radius 3 is 2.50 bits per heavy atom. The number of hydrogen-bond donors (Lipinski definition) is 1. The Balaban J connectivity index is 0.00000121. The topological polar surface area (TPSA) is 45.2 Å². The number of carbonyl (C=O) groups excluding carboxylic acids is 1. The van der Waals surface area contributed by atoms with Gasteiger partial charge in [0, 0.05) is 25.3 Å². The highest BCUT2D eigenvalue weighted by Gasteiger charge is 2.26. The zero-order valence-corrected chi connectivity index (χ0v) is 14.0. The van der Waals surface area contributed by atoms with Gasteiger partial charge in [-0.2, -0.15) is 0 Å². The van der Waals surface area contributed by atoms with Crippen molar-refractivity contribution in [3.05, 3.63) is 29.8 Å². The number of nitrogens with zero attached hydrogens (tertiary/aromatic N) is 2. The molecule has 1 aromatic rings. The number of carbonyl (C=O) groups is 1. The van der Waals surface area contributed by atoms with E-state index in [0.29, 0.717) is 11.6 Å². The van der Waals surface area contributed by atoms with Crippen LogP contribution in [0.15, 0.2) is 18.5 Å². The summed E-state index contributed by atoms with van der Waals surface area (Å²) < 4.78 is 13.1. The number of rotatable bonds is 4. The third-order valence-electron chi connectivity index (χ3n) is 4.13. The lowest BCUT2D eigenvalue weighted by Gasteiger charge is -2.32. The number of piperidine rings is 1. The first-order chi connectivity index (χ1) is 9.72. The summed E-state index contributed by atoms with van der Waals surface area (Å²) in [5.41, 5.74) is 0.342. The van der Waals surface area contributed by atoms with E-state index in [0.717, 1.165) is 44.6 Å². The molecule has 2 fully saturated rings. The van der Waals surface area contributed by atoms with Crippen LogP contribution in [0.25, 0.3) is 0 Å². The molecule has 1 aromatic heterocycles. The molecule has 4 nitrogen and oxygen atoms in total. The third-order valence-corrected chi connectivity index (χ3v) is 4.13. The lowest BCUT2D eigenvalue weighted by Crippen LogP contribution is -2.45. The van der Waals surface area contributed by atoms with Crippen molar-refractivity contribution in [3.63, 3.8) is 0 Å². The van der Waals surface area contributed by atoms with E-state index in [2.05, 4.69) is 10.3 Å². The third kappa shape index (κ3) is 5.07. The van der Waals surface area contributed by atoms with Crippen LogP contribution < -0.4 is 5.32 Å². The molecule has 0 unspecified atom stereocenters. The molecular weight excluding hydrogens is 328 g/mol. The molecule has 0 aromatic carbocycles. The predicted octanol–water partition coefficient (Wildman–Crippen LogP) is 2.67. The highest BCUT2D eigenvalue weighted by Crippen LogP contribution is 2.28. The van der Waals surface area contributed by atoms with Crippen molar-refractivity contribution in [1.29, 1.82) is 0 Å². The van der Waals surface area contributed by atoms with Crippen LogP contribution in [0.4, 0.5) is 4.39 Å². The number of pyridine rings is 1. The molecule has 1 aliphatic heterocycles. The normalized spacial score (nSPS) is 18.3. The maximum Gasteiger partial charge on any atom is 0.255 e. The Bertz CT molecular complexity index is 491. The number of aromatic nitrogens is 1. The van der Waals surface area contributed by atoms with Crippen LogP contribution in [-0.4, -0.2) is 41.5 Å². The van der Waals surface area contributed by atoms with Crippen molar-refractivity contribution in [2.24, 2.45) is 5.92 Å². The summed E-state index contributed by atoms with van der Waals surface area (Å²) in [4.78, 5) is 17.8. The molecule has 124 valence electrons. The lowest BCUT2D eigenvalue weighted by molar-refractivity contribution is 0.0704. The molecule has 0 spiro atoms. The van der Waals surface area contributed by atoms with Gasteiger partial charge in [0.25, 0.3) is 5.91 Å². The van der Waals surface area contributed by atoms with Crippen molar-refractivity contribution in [2.75, 3.05) is 19.6 Å². The highest BCUT2D eigenvalue weighted by atomic mass is 35.5. The van der Waals surface area contributed by atoms with Crippen molar-refractivity contribution in [3.8, 4) is 0 Å². The van der Waals surface area contributed by atoms with Gasteiger partial charge in [0.15, 0.2) is 0 Å². The van der Waals surface area contributed by atoms with Crippen molar-refractivity contribution >= 4 is 30.7 Å². The Morgan fingerprint density at radius 2 is 1.91 bits per heavy atom. The number of likely N-dealkylation sites (tertiary alicyclic amines) is 1. The highest BCUT2D eigenvalue weighted by molar-refractivity contribution is 5.93. The first-order valence-corrected chi connectivity index (χ1v) is 7.35. The fourth-order valence-corrected chi connectivity index (χ4v) is 2.65. The zero-order chi connectivity index (χ0) is 13.9. The van der Waals surface area contributed by atoms with Crippen LogP contribution in [0, 0.1) is 11.7 Å². The fourth-order valence-electron chi connectivity index (χ4n) is 2.65. The van der Waals surface area contributed by atoms with Gasteiger partial charge in [-0.15, -0.1) is 24.8 Å². The first-order valence-electron chi connectivity index (χ1n) is 7.35. The van der Waals surface area contributed by atoms with Crippen LogP contribution in [-0.2, 0) is 0 Å². The Labute approximate surface area is 142 Å². The predicted molar refractivity (Wildman–Crippen MR) is 88.3 cm³/mol. The van der Waals surface area contributed by atoms with Crippen LogP contribution in [0.3, 0.4) is 0 Å². The van der Waals surface area contributed by atoms with E-state index in [-0.39, 0.29) is 30.7 Å². The molecule has 2 aliphatic rings. The Hall–Kier alpha value is -0.910. The zero-order valence-electron chi connectivity index (χ0n) is 12.3. The van der Waals surface area contributed by atoms with E-state index >= 15 is 0 Å². The SMILES string of the molecule is Cl.Cl.O=C(c1cncc(F)c1)N1CCC(NCC2CC2)CC1. The van der Waals surface area contributed by atoms with E-state index in [1.807, 2.05) is 0 Å². The average molecular weight is 350 g/mol. The summed E-state index contributed by atoms with van der Waals surface area (Å²) in [6, 6.07) is 1.78. The maximum absolute atomic E-state index is 13.1. The van der Waals surface area contributed by atoms with Gasteiger partial charge in [0.2, 0.25) is 0 Å².